The number of rotatable bonds is 4. The molecule has 6 aliphatic heterocycles. The molecule has 81 heavy (non-hydrogen) atoms. The number of likely N-dealkylation sites (N-methyl/N-ethyl adjacent to an activating group) is 3. The molecule has 3 fully saturated rings. The minimum absolute atomic E-state index is 0. The van der Waals surface area contributed by atoms with Crippen molar-refractivity contribution < 1.29 is 107 Å². The third-order valence-electron chi connectivity index (χ3n) is 18.8. The number of hydrogen-bond acceptors (Lipinski definition) is 18. The van der Waals surface area contributed by atoms with Crippen molar-refractivity contribution >= 4 is 32.4 Å². The molecule has 22 nitrogen and oxygen atoms in total. The second-order valence-corrected chi connectivity index (χ2v) is 23.9. The quantitative estimate of drug-likeness (QED) is 0.185. The molecule has 0 amide bonds. The topological polar surface area (TPSA) is 301 Å². The van der Waals surface area contributed by atoms with Gasteiger partial charge in [-0.15, -0.1) is 8.42 Å². The van der Waals surface area contributed by atoms with E-state index in [1.165, 1.54) is 28.9 Å². The fourth-order valence-corrected chi connectivity index (χ4v) is 15.7. The summed E-state index contributed by atoms with van der Waals surface area (Å²) in [5.74, 6) is 5.12. The maximum Gasteiger partial charge on any atom is 0.526 e. The number of carbonyl (C=O) groups is 2. The van der Waals surface area contributed by atoms with Gasteiger partial charge in [-0.1, -0.05) is 31.7 Å². The molecule has 25 heteroatoms. The van der Waals surface area contributed by atoms with Crippen LogP contribution in [-0.2, 0) is 89.2 Å². The van der Waals surface area contributed by atoms with Gasteiger partial charge >= 0.3 is 20.8 Å². The van der Waals surface area contributed by atoms with Gasteiger partial charge in [0.2, 0.25) is 0 Å². The molecule has 5 unspecified atom stereocenters. The number of aliphatic hydroxyl groups is 2. The number of piperidine rings is 3. The van der Waals surface area contributed by atoms with Gasteiger partial charge in [0.05, 0.1) is 44.7 Å². The van der Waals surface area contributed by atoms with Gasteiger partial charge < -0.3 is 47.9 Å². The molecule has 11 atom stereocenters. The normalized spacial score (nSPS) is 33.5. The fraction of sp³-hybridized carbons (Fsp3) is 0.500. The minimum atomic E-state index is -4.67. The van der Waals surface area contributed by atoms with Gasteiger partial charge in [-0.05, 0) is 150 Å². The molecule has 0 aromatic heterocycles. The zero-order valence-corrected chi connectivity index (χ0v) is 47.9. The molecule has 7 N–H and O–H groups in total. The number of benzene rings is 3. The van der Waals surface area contributed by atoms with Gasteiger partial charge in [0.1, 0.15) is 17.0 Å². The Morgan fingerprint density at radius 1 is 0.580 bits per heavy atom. The van der Waals surface area contributed by atoms with Crippen LogP contribution >= 0.6 is 0 Å². The molecule has 1 radical (unpaired) electrons. The monoisotopic (exact) mass is 1200 g/mol. The summed E-state index contributed by atoms with van der Waals surface area (Å²) in [5, 5.41) is 23.3. The Kier molecular flexibility index (Phi) is 15.5. The second-order valence-electron chi connectivity index (χ2n) is 22.1. The van der Waals surface area contributed by atoms with Crippen molar-refractivity contribution in [3.05, 3.63) is 118 Å². The molecule has 437 valence electrons. The van der Waals surface area contributed by atoms with Crippen LogP contribution in [-0.4, -0.2) is 188 Å². The molecule has 6 bridgehead atoms. The fourth-order valence-electron chi connectivity index (χ4n) is 15.7. The van der Waals surface area contributed by atoms with Crippen LogP contribution in [0.25, 0.3) is 0 Å². The van der Waals surface area contributed by atoms with Gasteiger partial charge in [0.25, 0.3) is 0 Å². The Labute approximate surface area is 482 Å². The third kappa shape index (κ3) is 8.72. The number of carbonyl (C=O) groups excluding carboxylic acids is 2. The summed E-state index contributed by atoms with van der Waals surface area (Å²) in [6.45, 7) is 2.75. The predicted octanol–water partition coefficient (Wildman–Crippen LogP) is 2.57. The van der Waals surface area contributed by atoms with Crippen LogP contribution in [0, 0.1) is 0 Å². The Morgan fingerprint density at radius 2 is 0.963 bits per heavy atom. The van der Waals surface area contributed by atoms with E-state index in [0.717, 1.165) is 84.8 Å². The summed E-state index contributed by atoms with van der Waals surface area (Å²) in [4.78, 5) is 32.0. The predicted molar refractivity (Wildman–Crippen MR) is 289 cm³/mol. The van der Waals surface area contributed by atoms with E-state index >= 15 is 0 Å². The molecule has 6 heterocycles. The molecular formula is C56H68N3O19S2V+. The number of hydrogen-bond donors (Lipinski definition) is 5. The first-order chi connectivity index (χ1) is 37.3. The van der Waals surface area contributed by atoms with E-state index in [4.69, 9.17) is 68.2 Å². The van der Waals surface area contributed by atoms with E-state index in [2.05, 4.69) is 52.1 Å². The molecule has 0 saturated carbocycles. The van der Waals surface area contributed by atoms with E-state index in [0.29, 0.717) is 41.9 Å². The minimum Gasteiger partial charge on any atom is -0.497 e. The summed E-state index contributed by atoms with van der Waals surface area (Å²) in [5.41, 5.74) is 4.92. The summed E-state index contributed by atoms with van der Waals surface area (Å²) < 4.78 is 103. The molecule has 3 spiro atoms. The Bertz CT molecular complexity index is 3290. The van der Waals surface area contributed by atoms with Gasteiger partial charge in [0.15, 0.2) is 64.4 Å². The van der Waals surface area contributed by atoms with Crippen LogP contribution in [0.3, 0.4) is 0 Å². The van der Waals surface area contributed by atoms with Crippen molar-refractivity contribution in [2.45, 2.75) is 110 Å². The number of ether oxygens (including phenoxy) is 7. The molecule has 3 saturated heterocycles. The van der Waals surface area contributed by atoms with E-state index in [-0.39, 0.29) is 61.2 Å². The Hall–Kier alpha value is -5.32. The second kappa shape index (κ2) is 20.8. The number of methoxy groups -OCH3 is 4. The molecule has 6 aliphatic carbocycles. The molecule has 12 aliphatic rings. The van der Waals surface area contributed by atoms with Crippen LogP contribution in [0.4, 0.5) is 0 Å². The maximum absolute atomic E-state index is 12.6. The summed E-state index contributed by atoms with van der Waals surface area (Å²) in [7, 11) is 3.89. The van der Waals surface area contributed by atoms with Gasteiger partial charge in [-0.3, -0.25) is 33.4 Å². The molecule has 3 aromatic carbocycles. The van der Waals surface area contributed by atoms with Crippen LogP contribution in [0.2, 0.25) is 0 Å². The van der Waals surface area contributed by atoms with Crippen molar-refractivity contribution in [1.29, 1.82) is 0 Å². The summed E-state index contributed by atoms with van der Waals surface area (Å²) in [6, 6.07) is 12.6. The number of nitrogens with zero attached hydrogens (tertiary/aromatic N) is 3. The molecule has 3 aromatic rings. The number of ketones is 2. The zero-order valence-electron chi connectivity index (χ0n) is 44.9. The van der Waals surface area contributed by atoms with Gasteiger partial charge in [-0.2, -0.15) is 8.42 Å². The molecular weight excluding hydrogens is 1130 g/mol. The van der Waals surface area contributed by atoms with E-state index in [1.54, 1.807) is 40.6 Å². The number of likely N-dealkylation sites (tertiary alicyclic amines) is 3. The summed E-state index contributed by atoms with van der Waals surface area (Å²) >= 11 is 0. The van der Waals surface area contributed by atoms with Crippen LogP contribution < -0.4 is 28.4 Å². The summed E-state index contributed by atoms with van der Waals surface area (Å²) in [6.07, 6.45) is 14.4. The maximum atomic E-state index is 12.6. The first kappa shape index (κ1) is 60.3. The number of allylic oxidation sites excluding steroid dienone is 2. The Balaban J connectivity index is 0.000000134. The van der Waals surface area contributed by atoms with Crippen molar-refractivity contribution in [3.63, 3.8) is 0 Å². The van der Waals surface area contributed by atoms with Crippen molar-refractivity contribution in [3.8, 4) is 34.5 Å². The Morgan fingerprint density at radius 3 is 1.37 bits per heavy atom. The zero-order chi connectivity index (χ0) is 56.7. The van der Waals surface area contributed by atoms with E-state index in [9.17, 15) is 19.8 Å². The first-order valence-electron chi connectivity index (χ1n) is 25.8. The standard InChI is InChI=1S/C19H21NO3.2C18H19NO4.CH4.2H2O4S.V/c1-20-9-8-19-12-5-7-15(22-3)18(19)23-17-14(21-2)6-4-11(16(17)19)10-13(12)20;2*1-19-8-7-17-14-10-3-4-12(22-2)15(14)23-16(17)11(20)5-6-18(17,21)13(19)9-10;;2*1-5(2,3)4;/h4-7,13,18H,8-10H2,1-3H3;2*3-6,13,16,21H,7-9H2,1-2H3;1H4;2*(H2,1,2,3,4);/p+1/t13-,18?,19+;2*13-,16?,17+,18?;;;;/m111..../s1. The SMILES string of the molecule is C.COC1=CC=C2[C@H]3Cc4ccc(OC)c5c4[C@@]2(CCN3C)C1O5.COc1ccc2c3c1OC1C(=O)C=CC4(O)[C@@H](C2)N(C)CC[C@]314.COc1ccc2c3c1OC1C(=O)C=CC4(O)[C@@H](C2)N(C)CC[C@]314.O=S(=O)(O)O.O=S(=O)(O)[OH2+].[V]. The average Bonchev–Trinajstić information content (AvgIpc) is 4.22. The molecule has 15 rings (SSSR count). The third-order valence-corrected chi connectivity index (χ3v) is 18.8. The first-order valence-corrected chi connectivity index (χ1v) is 28.6. The van der Waals surface area contributed by atoms with Crippen LogP contribution in [0.5, 0.6) is 34.5 Å². The van der Waals surface area contributed by atoms with Crippen molar-refractivity contribution in [1.82, 2.24) is 14.7 Å². The average molecular weight is 1200 g/mol. The van der Waals surface area contributed by atoms with Gasteiger partial charge in [-0.25, -0.2) is 4.55 Å². The van der Waals surface area contributed by atoms with E-state index in [1.807, 2.05) is 32.3 Å². The van der Waals surface area contributed by atoms with Gasteiger partial charge in [0, 0.05) is 53.4 Å². The van der Waals surface area contributed by atoms with E-state index < -0.39 is 55.0 Å². The van der Waals surface area contributed by atoms with Crippen molar-refractivity contribution in [2.75, 3.05) is 69.2 Å². The van der Waals surface area contributed by atoms with Crippen LogP contribution in [0.15, 0.2) is 84.2 Å². The van der Waals surface area contributed by atoms with Crippen molar-refractivity contribution in [2.24, 2.45) is 0 Å². The largest absolute Gasteiger partial charge is 0.526 e. The van der Waals surface area contributed by atoms with Crippen LogP contribution in [0.1, 0.15) is 60.1 Å². The smallest absolute Gasteiger partial charge is 0.497 e.